The molecule has 1 aliphatic rings. The first-order chi connectivity index (χ1) is 14.8. The standard InChI is InChI=1S/C24H28FN3O3/c1-17-6-7-18(2)21(14-17)22(29)8-9-24(31)28-12-10-27(11-13-28)16-23(30)26-20-5-3-4-19(25)15-20/h3-7,14-15H,8-13,16H2,1-2H3,(H,26,30). The number of amides is 2. The number of carbonyl (C=O) groups excluding carboxylic acids is 3. The molecule has 0 aliphatic carbocycles. The lowest BCUT2D eigenvalue weighted by atomic mass is 9.99. The molecule has 6 nitrogen and oxygen atoms in total. The van der Waals surface area contributed by atoms with Crippen molar-refractivity contribution < 1.29 is 18.8 Å². The van der Waals surface area contributed by atoms with Gasteiger partial charge in [-0.2, -0.15) is 0 Å². The maximum Gasteiger partial charge on any atom is 0.238 e. The van der Waals surface area contributed by atoms with Crippen molar-refractivity contribution in [3.63, 3.8) is 0 Å². The Morgan fingerprint density at radius 2 is 1.71 bits per heavy atom. The number of aryl methyl sites for hydroxylation is 2. The fraction of sp³-hybridized carbons (Fsp3) is 0.375. The molecule has 7 heteroatoms. The zero-order chi connectivity index (χ0) is 22.4. The number of benzene rings is 2. The Morgan fingerprint density at radius 3 is 2.42 bits per heavy atom. The zero-order valence-electron chi connectivity index (χ0n) is 18.0. The van der Waals surface area contributed by atoms with Crippen LogP contribution in [0.3, 0.4) is 0 Å². The molecule has 2 amide bonds. The first-order valence-corrected chi connectivity index (χ1v) is 10.5. The average Bonchev–Trinajstić information content (AvgIpc) is 2.74. The summed E-state index contributed by atoms with van der Waals surface area (Å²) in [6.45, 7) is 6.22. The molecule has 1 heterocycles. The van der Waals surface area contributed by atoms with Gasteiger partial charge in [-0.1, -0.05) is 23.8 Å². The van der Waals surface area contributed by atoms with E-state index in [1.54, 1.807) is 17.0 Å². The molecule has 164 valence electrons. The predicted molar refractivity (Wildman–Crippen MR) is 118 cm³/mol. The summed E-state index contributed by atoms with van der Waals surface area (Å²) in [6, 6.07) is 11.5. The van der Waals surface area contributed by atoms with Crippen LogP contribution in [0.2, 0.25) is 0 Å². The van der Waals surface area contributed by atoms with Crippen LogP contribution in [0.25, 0.3) is 0 Å². The van der Waals surface area contributed by atoms with E-state index in [1.807, 2.05) is 36.9 Å². The van der Waals surface area contributed by atoms with Crippen molar-refractivity contribution in [2.75, 3.05) is 38.0 Å². The highest BCUT2D eigenvalue weighted by molar-refractivity contribution is 5.99. The van der Waals surface area contributed by atoms with Crippen LogP contribution in [-0.2, 0) is 9.59 Å². The van der Waals surface area contributed by atoms with Crippen molar-refractivity contribution in [2.45, 2.75) is 26.7 Å². The predicted octanol–water partition coefficient (Wildman–Crippen LogP) is 3.19. The molecular weight excluding hydrogens is 397 g/mol. The molecule has 31 heavy (non-hydrogen) atoms. The van der Waals surface area contributed by atoms with Crippen molar-refractivity contribution in [2.24, 2.45) is 0 Å². The van der Waals surface area contributed by atoms with Crippen molar-refractivity contribution in [3.8, 4) is 0 Å². The Labute approximate surface area is 182 Å². The molecule has 0 unspecified atom stereocenters. The summed E-state index contributed by atoms with van der Waals surface area (Å²) in [5, 5.41) is 2.68. The largest absolute Gasteiger partial charge is 0.340 e. The number of halogens is 1. The van der Waals surface area contributed by atoms with Crippen LogP contribution in [0.5, 0.6) is 0 Å². The van der Waals surface area contributed by atoms with E-state index < -0.39 is 5.82 Å². The zero-order valence-corrected chi connectivity index (χ0v) is 18.0. The highest BCUT2D eigenvalue weighted by Gasteiger charge is 2.23. The third-order valence-corrected chi connectivity index (χ3v) is 5.46. The molecule has 0 spiro atoms. The van der Waals surface area contributed by atoms with Gasteiger partial charge in [0.15, 0.2) is 5.78 Å². The SMILES string of the molecule is Cc1ccc(C)c(C(=O)CCC(=O)N2CCN(CC(=O)Nc3cccc(F)c3)CC2)c1. The molecule has 1 aliphatic heterocycles. The number of ketones is 1. The topological polar surface area (TPSA) is 69.7 Å². The van der Waals surface area contributed by atoms with E-state index in [4.69, 9.17) is 0 Å². The number of nitrogens with one attached hydrogen (secondary N) is 1. The molecule has 3 rings (SSSR count). The van der Waals surface area contributed by atoms with Gasteiger partial charge in [0.05, 0.1) is 6.54 Å². The number of anilines is 1. The molecule has 0 aromatic heterocycles. The van der Waals surface area contributed by atoms with E-state index >= 15 is 0 Å². The van der Waals surface area contributed by atoms with Crippen LogP contribution in [0.4, 0.5) is 10.1 Å². The van der Waals surface area contributed by atoms with Crippen LogP contribution >= 0.6 is 0 Å². The highest BCUT2D eigenvalue weighted by Crippen LogP contribution is 2.15. The van der Waals surface area contributed by atoms with Crippen LogP contribution in [0.1, 0.15) is 34.3 Å². The summed E-state index contributed by atoms with van der Waals surface area (Å²) in [6.07, 6.45) is 0.381. The van der Waals surface area contributed by atoms with E-state index in [0.717, 1.165) is 11.1 Å². The molecule has 1 saturated heterocycles. The van der Waals surface area contributed by atoms with E-state index in [0.29, 0.717) is 37.4 Å². The Morgan fingerprint density at radius 1 is 0.968 bits per heavy atom. The van der Waals surface area contributed by atoms with E-state index in [-0.39, 0.29) is 37.0 Å². The fourth-order valence-electron chi connectivity index (χ4n) is 3.67. The van der Waals surface area contributed by atoms with Crippen LogP contribution < -0.4 is 5.32 Å². The van der Waals surface area contributed by atoms with Gasteiger partial charge in [-0.25, -0.2) is 4.39 Å². The van der Waals surface area contributed by atoms with Crippen LogP contribution in [-0.4, -0.2) is 60.1 Å². The Bertz CT molecular complexity index is 968. The second-order valence-corrected chi connectivity index (χ2v) is 7.96. The third kappa shape index (κ3) is 6.46. The summed E-state index contributed by atoms with van der Waals surface area (Å²) in [4.78, 5) is 40.9. The number of nitrogens with zero attached hydrogens (tertiary/aromatic N) is 2. The normalized spacial score (nSPS) is 14.4. The van der Waals surface area contributed by atoms with Crippen molar-refractivity contribution in [1.29, 1.82) is 0 Å². The Balaban J connectivity index is 1.41. The number of Topliss-reactive ketones (excluding diaryl/α,β-unsaturated/α-hetero) is 1. The number of hydrogen-bond acceptors (Lipinski definition) is 4. The van der Waals surface area contributed by atoms with Gasteiger partial charge < -0.3 is 10.2 Å². The second-order valence-electron chi connectivity index (χ2n) is 7.96. The maximum atomic E-state index is 13.2. The minimum absolute atomic E-state index is 0.0118. The lowest BCUT2D eigenvalue weighted by Gasteiger charge is -2.34. The molecule has 2 aromatic carbocycles. The molecule has 0 atom stereocenters. The quantitative estimate of drug-likeness (QED) is 0.692. The van der Waals surface area contributed by atoms with E-state index in [1.165, 1.54) is 12.1 Å². The molecule has 1 fully saturated rings. The third-order valence-electron chi connectivity index (χ3n) is 5.46. The number of hydrogen-bond donors (Lipinski definition) is 1. The van der Waals surface area contributed by atoms with Gasteiger partial charge >= 0.3 is 0 Å². The molecule has 0 radical (unpaired) electrons. The summed E-state index contributed by atoms with van der Waals surface area (Å²) in [7, 11) is 0. The maximum absolute atomic E-state index is 13.2. The minimum atomic E-state index is -0.402. The van der Waals surface area contributed by atoms with Crippen LogP contribution in [0, 0.1) is 19.7 Å². The monoisotopic (exact) mass is 425 g/mol. The van der Waals surface area contributed by atoms with Gasteiger partial charge in [0, 0.05) is 50.3 Å². The van der Waals surface area contributed by atoms with Gasteiger partial charge in [-0.15, -0.1) is 0 Å². The molecule has 1 N–H and O–H groups in total. The van der Waals surface area contributed by atoms with Crippen LogP contribution in [0.15, 0.2) is 42.5 Å². The van der Waals surface area contributed by atoms with Crippen molar-refractivity contribution in [3.05, 3.63) is 65.0 Å². The summed E-state index contributed by atoms with van der Waals surface area (Å²) in [5.41, 5.74) is 3.06. The lowest BCUT2D eigenvalue weighted by Crippen LogP contribution is -2.50. The summed E-state index contributed by atoms with van der Waals surface area (Å²) >= 11 is 0. The number of carbonyl (C=O) groups is 3. The molecule has 0 bridgehead atoms. The van der Waals surface area contributed by atoms with Crippen molar-refractivity contribution >= 4 is 23.3 Å². The van der Waals surface area contributed by atoms with E-state index in [2.05, 4.69) is 5.32 Å². The fourth-order valence-corrected chi connectivity index (χ4v) is 3.67. The van der Waals surface area contributed by atoms with E-state index in [9.17, 15) is 18.8 Å². The minimum Gasteiger partial charge on any atom is -0.340 e. The molecule has 0 saturated carbocycles. The first-order valence-electron chi connectivity index (χ1n) is 10.5. The smallest absolute Gasteiger partial charge is 0.238 e. The van der Waals surface area contributed by atoms with Gasteiger partial charge in [0.1, 0.15) is 5.82 Å². The van der Waals surface area contributed by atoms with Gasteiger partial charge in [-0.05, 0) is 43.7 Å². The Hall–Kier alpha value is -3.06. The lowest BCUT2D eigenvalue weighted by molar-refractivity contribution is -0.133. The summed E-state index contributed by atoms with van der Waals surface area (Å²) in [5.74, 6) is -0.671. The number of rotatable bonds is 7. The Kier molecular flexibility index (Phi) is 7.52. The van der Waals surface area contributed by atoms with Crippen molar-refractivity contribution in [1.82, 2.24) is 9.80 Å². The first kappa shape index (κ1) is 22.6. The average molecular weight is 426 g/mol. The number of piperazine rings is 1. The molecular formula is C24H28FN3O3. The summed E-state index contributed by atoms with van der Waals surface area (Å²) < 4.78 is 13.2. The van der Waals surface area contributed by atoms with Gasteiger partial charge in [0.2, 0.25) is 11.8 Å². The highest BCUT2D eigenvalue weighted by atomic mass is 19.1. The van der Waals surface area contributed by atoms with Gasteiger partial charge in [0.25, 0.3) is 0 Å². The second kappa shape index (κ2) is 10.3. The molecule has 2 aromatic rings. The van der Waals surface area contributed by atoms with Gasteiger partial charge in [-0.3, -0.25) is 19.3 Å².